The molecule has 1 heterocycles. The Morgan fingerprint density at radius 2 is 2.09 bits per heavy atom. The van der Waals surface area contributed by atoms with Gasteiger partial charge in [-0.05, 0) is 30.7 Å². The standard InChI is InChI=1S/C18H15NO2S/c1-13-5-4-6-14(11-13)12-21-18(20)10-9-17-19-15-7-2-3-8-16(15)22-17/h2-11H,12H2,1H3/b10-9+. The van der Waals surface area contributed by atoms with E-state index in [1.54, 1.807) is 17.4 Å². The van der Waals surface area contributed by atoms with Gasteiger partial charge in [0, 0.05) is 6.08 Å². The maximum Gasteiger partial charge on any atom is 0.331 e. The van der Waals surface area contributed by atoms with Gasteiger partial charge < -0.3 is 4.74 Å². The normalized spacial score (nSPS) is 11.1. The van der Waals surface area contributed by atoms with Crippen molar-refractivity contribution in [2.24, 2.45) is 0 Å². The fourth-order valence-electron chi connectivity index (χ4n) is 2.11. The third-order valence-electron chi connectivity index (χ3n) is 3.14. The van der Waals surface area contributed by atoms with Crippen LogP contribution in [-0.2, 0) is 16.1 Å². The number of nitrogens with zero attached hydrogens (tertiary/aromatic N) is 1. The van der Waals surface area contributed by atoms with Crippen molar-refractivity contribution < 1.29 is 9.53 Å². The van der Waals surface area contributed by atoms with Gasteiger partial charge in [0.25, 0.3) is 0 Å². The average Bonchev–Trinajstić information content (AvgIpc) is 2.94. The van der Waals surface area contributed by atoms with E-state index in [2.05, 4.69) is 4.98 Å². The zero-order chi connectivity index (χ0) is 15.4. The van der Waals surface area contributed by atoms with E-state index in [-0.39, 0.29) is 12.6 Å². The number of hydrogen-bond acceptors (Lipinski definition) is 4. The van der Waals surface area contributed by atoms with Gasteiger partial charge in [-0.15, -0.1) is 11.3 Å². The molecule has 3 rings (SSSR count). The molecule has 0 amide bonds. The molecule has 3 aromatic rings. The van der Waals surface area contributed by atoms with Gasteiger partial charge in [0.15, 0.2) is 0 Å². The molecule has 1 aromatic heterocycles. The summed E-state index contributed by atoms with van der Waals surface area (Å²) in [5.41, 5.74) is 3.08. The van der Waals surface area contributed by atoms with Crippen LogP contribution >= 0.6 is 11.3 Å². The highest BCUT2D eigenvalue weighted by atomic mass is 32.1. The number of carbonyl (C=O) groups excluding carboxylic acids is 1. The van der Waals surface area contributed by atoms with Crippen LogP contribution in [0.2, 0.25) is 0 Å². The summed E-state index contributed by atoms with van der Waals surface area (Å²) in [6.45, 7) is 2.29. The van der Waals surface area contributed by atoms with Crippen molar-refractivity contribution in [3.63, 3.8) is 0 Å². The lowest BCUT2D eigenvalue weighted by molar-refractivity contribution is -0.138. The minimum Gasteiger partial charge on any atom is -0.458 e. The summed E-state index contributed by atoms with van der Waals surface area (Å²) in [4.78, 5) is 16.2. The van der Waals surface area contributed by atoms with Gasteiger partial charge in [-0.3, -0.25) is 0 Å². The average molecular weight is 309 g/mol. The lowest BCUT2D eigenvalue weighted by atomic mass is 10.1. The van der Waals surface area contributed by atoms with Crippen molar-refractivity contribution in [1.82, 2.24) is 4.98 Å². The highest BCUT2D eigenvalue weighted by Gasteiger charge is 2.02. The highest BCUT2D eigenvalue weighted by Crippen LogP contribution is 2.22. The number of aromatic nitrogens is 1. The van der Waals surface area contributed by atoms with Crippen LogP contribution in [0, 0.1) is 6.92 Å². The molecular formula is C18H15NO2S. The van der Waals surface area contributed by atoms with Crippen LogP contribution in [0.4, 0.5) is 0 Å². The molecule has 2 aromatic carbocycles. The van der Waals surface area contributed by atoms with E-state index in [0.717, 1.165) is 26.4 Å². The van der Waals surface area contributed by atoms with Crippen molar-refractivity contribution in [3.05, 3.63) is 70.7 Å². The monoisotopic (exact) mass is 309 g/mol. The Morgan fingerprint density at radius 3 is 2.91 bits per heavy atom. The number of aryl methyl sites for hydroxylation is 1. The molecule has 110 valence electrons. The molecular weight excluding hydrogens is 294 g/mol. The largest absolute Gasteiger partial charge is 0.458 e. The van der Waals surface area contributed by atoms with Crippen molar-refractivity contribution in [1.29, 1.82) is 0 Å². The van der Waals surface area contributed by atoms with Crippen molar-refractivity contribution in [3.8, 4) is 0 Å². The Labute approximate surface area is 132 Å². The van der Waals surface area contributed by atoms with Gasteiger partial charge in [-0.25, -0.2) is 9.78 Å². The second kappa shape index (κ2) is 6.54. The van der Waals surface area contributed by atoms with Crippen molar-refractivity contribution in [2.45, 2.75) is 13.5 Å². The van der Waals surface area contributed by atoms with Crippen molar-refractivity contribution >= 4 is 33.6 Å². The van der Waals surface area contributed by atoms with E-state index in [1.807, 2.05) is 55.5 Å². The van der Waals surface area contributed by atoms with Crippen LogP contribution in [0.3, 0.4) is 0 Å². The summed E-state index contributed by atoms with van der Waals surface area (Å²) in [6, 6.07) is 15.8. The maximum absolute atomic E-state index is 11.8. The molecule has 3 nitrogen and oxygen atoms in total. The summed E-state index contributed by atoms with van der Waals surface area (Å²) in [5.74, 6) is -0.360. The van der Waals surface area contributed by atoms with Crippen LogP contribution in [0.1, 0.15) is 16.1 Å². The van der Waals surface area contributed by atoms with Gasteiger partial charge >= 0.3 is 5.97 Å². The lowest BCUT2D eigenvalue weighted by Crippen LogP contribution is -2.00. The first-order valence-electron chi connectivity index (χ1n) is 6.97. The SMILES string of the molecule is Cc1cccc(COC(=O)/C=C/c2nc3ccccc3s2)c1. The Bertz CT molecular complexity index is 803. The lowest BCUT2D eigenvalue weighted by Gasteiger charge is -2.02. The predicted molar refractivity (Wildman–Crippen MR) is 89.6 cm³/mol. The Kier molecular flexibility index (Phi) is 4.30. The molecule has 0 aliphatic carbocycles. The molecule has 0 aliphatic heterocycles. The first-order chi connectivity index (χ1) is 10.7. The third kappa shape index (κ3) is 3.59. The molecule has 0 aliphatic rings. The molecule has 0 unspecified atom stereocenters. The second-order valence-corrected chi connectivity index (χ2v) is 6.01. The van der Waals surface area contributed by atoms with E-state index < -0.39 is 0 Å². The number of thiazole rings is 1. The number of hydrogen-bond donors (Lipinski definition) is 0. The number of rotatable bonds is 4. The van der Waals surface area contributed by atoms with Gasteiger partial charge in [0.1, 0.15) is 11.6 Å². The summed E-state index contributed by atoms with van der Waals surface area (Å²) in [7, 11) is 0. The van der Waals surface area contributed by atoms with Crippen LogP contribution in [0.15, 0.2) is 54.6 Å². The van der Waals surface area contributed by atoms with E-state index >= 15 is 0 Å². The molecule has 4 heteroatoms. The molecule has 0 atom stereocenters. The first kappa shape index (κ1) is 14.5. The Hall–Kier alpha value is -2.46. The number of ether oxygens (including phenoxy) is 1. The van der Waals surface area contributed by atoms with Gasteiger partial charge in [-0.1, -0.05) is 42.0 Å². The number of benzene rings is 2. The van der Waals surface area contributed by atoms with Gasteiger partial charge in [0.2, 0.25) is 0 Å². The Morgan fingerprint density at radius 1 is 1.23 bits per heavy atom. The fraction of sp³-hybridized carbons (Fsp3) is 0.111. The predicted octanol–water partition coefficient (Wildman–Crippen LogP) is 4.36. The number of fused-ring (bicyclic) bond motifs is 1. The van der Waals surface area contributed by atoms with Crippen LogP contribution < -0.4 is 0 Å². The van der Waals surface area contributed by atoms with Crippen LogP contribution in [0.25, 0.3) is 16.3 Å². The van der Waals surface area contributed by atoms with Gasteiger partial charge in [-0.2, -0.15) is 0 Å². The van der Waals surface area contributed by atoms with E-state index in [4.69, 9.17) is 4.74 Å². The molecule has 0 radical (unpaired) electrons. The minimum atomic E-state index is -0.360. The molecule has 0 fully saturated rings. The molecule has 22 heavy (non-hydrogen) atoms. The summed E-state index contributed by atoms with van der Waals surface area (Å²) < 4.78 is 6.34. The zero-order valence-corrected chi connectivity index (χ0v) is 13.0. The highest BCUT2D eigenvalue weighted by molar-refractivity contribution is 7.19. The van der Waals surface area contributed by atoms with E-state index in [9.17, 15) is 4.79 Å². The quantitative estimate of drug-likeness (QED) is 0.531. The summed E-state index contributed by atoms with van der Waals surface area (Å²) >= 11 is 1.55. The number of esters is 1. The topological polar surface area (TPSA) is 39.2 Å². The third-order valence-corrected chi connectivity index (χ3v) is 4.14. The summed E-state index contributed by atoms with van der Waals surface area (Å²) in [6.07, 6.45) is 3.12. The molecule has 0 saturated carbocycles. The Balaban J connectivity index is 1.61. The fourth-order valence-corrected chi connectivity index (χ4v) is 2.98. The minimum absolute atomic E-state index is 0.282. The molecule has 0 spiro atoms. The molecule has 0 bridgehead atoms. The summed E-state index contributed by atoms with van der Waals surface area (Å²) in [5, 5.41) is 0.800. The second-order valence-electron chi connectivity index (χ2n) is 4.95. The van der Waals surface area contributed by atoms with Crippen molar-refractivity contribution in [2.75, 3.05) is 0 Å². The van der Waals surface area contributed by atoms with E-state index in [0.29, 0.717) is 0 Å². The first-order valence-corrected chi connectivity index (χ1v) is 7.78. The van der Waals surface area contributed by atoms with Crippen LogP contribution in [0.5, 0.6) is 0 Å². The zero-order valence-electron chi connectivity index (χ0n) is 12.2. The van der Waals surface area contributed by atoms with Gasteiger partial charge in [0.05, 0.1) is 10.2 Å². The number of para-hydroxylation sites is 1. The maximum atomic E-state index is 11.8. The van der Waals surface area contributed by atoms with Crippen LogP contribution in [-0.4, -0.2) is 11.0 Å². The van der Waals surface area contributed by atoms with E-state index in [1.165, 1.54) is 6.08 Å². The number of carbonyl (C=O) groups is 1. The molecule has 0 N–H and O–H groups in total. The smallest absolute Gasteiger partial charge is 0.331 e. The molecule has 0 saturated heterocycles.